The third-order valence-electron chi connectivity index (χ3n) is 8.29. The smallest absolute Gasteiger partial charge is 0.190 e. The number of H-pyrrole nitrogens is 4. The third kappa shape index (κ3) is 45.5. The van der Waals surface area contributed by atoms with E-state index in [4.69, 9.17) is 13.3 Å². The summed E-state index contributed by atoms with van der Waals surface area (Å²) < 4.78 is 22.7. The molecule has 0 saturated heterocycles. The number of benzene rings is 1. The van der Waals surface area contributed by atoms with Crippen LogP contribution < -0.4 is 0 Å². The van der Waals surface area contributed by atoms with E-state index in [0.29, 0.717) is 0 Å². The summed E-state index contributed by atoms with van der Waals surface area (Å²) in [5.41, 5.74) is 6.58. The Kier molecular flexibility index (Phi) is 40.7. The molecule has 4 N–H and O–H groups in total. The van der Waals surface area contributed by atoms with Gasteiger partial charge in [0.2, 0.25) is 0 Å². The topological polar surface area (TPSA) is 232 Å². The van der Waals surface area contributed by atoms with Gasteiger partial charge in [-0.05, 0) is 142 Å². The Morgan fingerprint density at radius 3 is 1.44 bits per heavy atom. The first-order valence-corrected chi connectivity index (χ1v) is 27.7. The summed E-state index contributed by atoms with van der Waals surface area (Å²) >= 11 is 6.64. The molecular formula is C58H75N13O4S4. The highest BCUT2D eigenvalue weighted by Crippen LogP contribution is 2.04. The van der Waals surface area contributed by atoms with Gasteiger partial charge < -0.3 is 32.7 Å². The molecule has 0 aliphatic carbocycles. The number of thiazole rings is 2. The van der Waals surface area contributed by atoms with Crippen molar-refractivity contribution in [3.63, 3.8) is 0 Å². The second kappa shape index (κ2) is 46.9. The number of thiophene rings is 1. The van der Waals surface area contributed by atoms with Crippen LogP contribution in [0.5, 0.6) is 0 Å². The Bertz CT molecular complexity index is 2340. The summed E-state index contributed by atoms with van der Waals surface area (Å²) in [6.07, 6.45) is 25.6. The SMILES string of the molecule is Cc1ccc[nH]1.Cc1ccccc1.Cc1ccco1.Cc1cccs1.Cc1ccn[nH]1.Cc1ccno1.Cc1ccns1.Cc1cnc[nH]1.Cc1cnco1.Cc1cncs1.Cc1ncc[nH]1.Cc1ncco1.Cc1nccs1. The Labute approximate surface area is 481 Å². The summed E-state index contributed by atoms with van der Waals surface area (Å²) in [4.78, 5) is 35.5. The lowest BCUT2D eigenvalue weighted by Crippen LogP contribution is -1.66. The molecule has 0 aliphatic heterocycles. The summed E-state index contributed by atoms with van der Waals surface area (Å²) in [6, 6.07) is 27.9. The van der Waals surface area contributed by atoms with Crippen molar-refractivity contribution in [2.45, 2.75) is 90.0 Å². The Balaban J connectivity index is 0.000000428. The van der Waals surface area contributed by atoms with Crippen LogP contribution in [0.15, 0.2) is 212 Å². The van der Waals surface area contributed by atoms with E-state index in [1.807, 2.05) is 147 Å². The van der Waals surface area contributed by atoms with Crippen LogP contribution in [0, 0.1) is 90.0 Å². The minimum Gasteiger partial charge on any atom is -0.470 e. The second-order valence-corrected chi connectivity index (χ2v) is 20.1. The van der Waals surface area contributed by atoms with Crippen LogP contribution in [-0.2, 0) is 0 Å². The molecule has 0 radical (unpaired) electrons. The Morgan fingerprint density at radius 1 is 0.456 bits per heavy atom. The maximum Gasteiger partial charge on any atom is 0.190 e. The number of aromatic nitrogens is 13. The van der Waals surface area contributed by atoms with Crippen molar-refractivity contribution < 1.29 is 17.8 Å². The zero-order valence-corrected chi connectivity index (χ0v) is 50.5. The fourth-order valence-electron chi connectivity index (χ4n) is 4.38. The van der Waals surface area contributed by atoms with Crippen molar-refractivity contribution in [1.82, 2.24) is 64.6 Å². The van der Waals surface area contributed by atoms with Crippen molar-refractivity contribution in [2.75, 3.05) is 0 Å². The number of rotatable bonds is 0. The molecule has 0 bridgehead atoms. The van der Waals surface area contributed by atoms with E-state index < -0.39 is 0 Å². The predicted octanol–water partition coefficient (Wildman–Crippen LogP) is 16.4. The first kappa shape index (κ1) is 68.6. The maximum absolute atomic E-state index is 4.83. The van der Waals surface area contributed by atoms with Gasteiger partial charge in [0.1, 0.15) is 29.4 Å². The highest BCUT2D eigenvalue weighted by atomic mass is 32.1. The molecule has 12 heterocycles. The van der Waals surface area contributed by atoms with Gasteiger partial charge in [-0.1, -0.05) is 47.1 Å². The molecule has 420 valence electrons. The van der Waals surface area contributed by atoms with Crippen LogP contribution in [0.25, 0.3) is 0 Å². The number of nitrogens with zero attached hydrogens (tertiary/aromatic N) is 9. The number of furan rings is 1. The minimum atomic E-state index is 0.718. The van der Waals surface area contributed by atoms with Crippen molar-refractivity contribution in [1.29, 1.82) is 0 Å². The molecule has 0 aliphatic rings. The van der Waals surface area contributed by atoms with E-state index in [9.17, 15) is 0 Å². The normalized spacial score (nSPS) is 8.82. The van der Waals surface area contributed by atoms with Crippen molar-refractivity contribution in [3.8, 4) is 0 Å². The lowest BCUT2D eigenvalue weighted by atomic mass is 10.2. The summed E-state index contributed by atoms with van der Waals surface area (Å²) in [7, 11) is 0. The number of imidazole rings is 2. The lowest BCUT2D eigenvalue weighted by molar-refractivity contribution is 0.397. The first-order valence-electron chi connectivity index (χ1n) is 24.3. The fourth-order valence-corrected chi connectivity index (χ4v) is 6.17. The number of hydrogen-bond acceptors (Lipinski definition) is 17. The molecule has 1 aromatic carbocycles. The van der Waals surface area contributed by atoms with Crippen LogP contribution in [-0.4, -0.2) is 64.6 Å². The highest BCUT2D eigenvalue weighted by molar-refractivity contribution is 7.10. The first-order chi connectivity index (χ1) is 38.1. The van der Waals surface area contributed by atoms with Crippen LogP contribution in [0.3, 0.4) is 0 Å². The average molecular weight is 1150 g/mol. The van der Waals surface area contributed by atoms with Gasteiger partial charge >= 0.3 is 0 Å². The number of nitrogens with one attached hydrogen (secondary N) is 4. The maximum atomic E-state index is 4.83. The summed E-state index contributed by atoms with van der Waals surface area (Å²) in [5.74, 6) is 4.37. The number of aromatic amines is 4. The molecule has 0 spiro atoms. The largest absolute Gasteiger partial charge is 0.470 e. The third-order valence-corrected chi connectivity index (χ3v) is 11.1. The van der Waals surface area contributed by atoms with Gasteiger partial charge in [0.05, 0.1) is 41.7 Å². The van der Waals surface area contributed by atoms with Crippen LogP contribution in [0.4, 0.5) is 0 Å². The van der Waals surface area contributed by atoms with E-state index in [0.717, 1.165) is 45.4 Å². The number of aryl methyl sites for hydroxylation is 13. The Hall–Kier alpha value is -8.37. The van der Waals surface area contributed by atoms with Gasteiger partial charge in [0, 0.05) is 99.7 Å². The van der Waals surface area contributed by atoms with Crippen molar-refractivity contribution in [3.05, 3.63) is 266 Å². The summed E-state index contributed by atoms with van der Waals surface area (Å²) in [5, 5.41) is 15.1. The number of hydrogen-bond donors (Lipinski definition) is 4. The predicted molar refractivity (Wildman–Crippen MR) is 323 cm³/mol. The zero-order chi connectivity index (χ0) is 58.0. The molecule has 0 unspecified atom stereocenters. The van der Waals surface area contributed by atoms with E-state index in [-0.39, 0.29) is 0 Å². The van der Waals surface area contributed by atoms with Gasteiger partial charge in [0.25, 0.3) is 0 Å². The van der Waals surface area contributed by atoms with Crippen LogP contribution >= 0.6 is 45.5 Å². The molecule has 13 aromatic rings. The molecular weight excluding hydrogens is 1070 g/mol. The summed E-state index contributed by atoms with van der Waals surface area (Å²) in [6.45, 7) is 25.6. The fraction of sp³-hybridized carbons (Fsp3) is 0.224. The standard InChI is InChI=1S/C7H8.C5H7N.C5H6O.C5H6S.3C4H6N2.3C4H5NO.3C4H5NS/c1-7-5-3-2-4-6-7;3*1-5-3-2-4-6-5;1-4-2-5-3-6-4;1-4-5-2-3-6-4;1-4-2-3-5-6-4;1-4-2-5-3-6-4;1-4-5-2-3-6-4;1-4-2-3-5-6-4;1-4-2-5-3-6-4;1-4-5-2-3-6-4;1-4-2-3-5-6-4/h2-6H,1H3;2-4,6H,1H3;2*2-4H,1H3;3*2-3H,1H3,(H,5,6);6*2-3H,1H3. The van der Waals surface area contributed by atoms with Crippen LogP contribution in [0.2, 0.25) is 0 Å². The second-order valence-electron chi connectivity index (χ2n) is 15.7. The van der Waals surface area contributed by atoms with Gasteiger partial charge in [0.15, 0.2) is 12.3 Å². The van der Waals surface area contributed by atoms with Gasteiger partial charge in [-0.2, -0.15) is 5.10 Å². The van der Waals surface area contributed by atoms with Gasteiger partial charge in [-0.15, -0.1) is 34.0 Å². The monoisotopic (exact) mass is 1150 g/mol. The van der Waals surface area contributed by atoms with E-state index in [2.05, 4.69) is 113 Å². The van der Waals surface area contributed by atoms with E-state index in [1.165, 1.54) is 43.8 Å². The zero-order valence-electron chi connectivity index (χ0n) is 47.3. The minimum absolute atomic E-state index is 0.718. The molecule has 0 fully saturated rings. The van der Waals surface area contributed by atoms with Crippen LogP contribution in [0.1, 0.15) is 71.3 Å². The number of oxazole rings is 2. The quantitative estimate of drug-likeness (QED) is 0.111. The average Bonchev–Trinajstić information content (AvgIpc) is 4.25. The molecule has 17 nitrogen and oxygen atoms in total. The van der Waals surface area contributed by atoms with E-state index in [1.54, 1.807) is 122 Å². The van der Waals surface area contributed by atoms with Gasteiger partial charge in [-0.3, -0.25) is 15.1 Å². The van der Waals surface area contributed by atoms with Gasteiger partial charge in [-0.25, -0.2) is 24.3 Å². The molecule has 0 atom stereocenters. The highest BCUT2D eigenvalue weighted by Gasteiger charge is 1.82. The Morgan fingerprint density at radius 2 is 1.27 bits per heavy atom. The molecule has 0 saturated carbocycles. The van der Waals surface area contributed by atoms with Crippen molar-refractivity contribution in [2.24, 2.45) is 0 Å². The molecule has 0 amide bonds. The molecule has 21 heteroatoms. The molecule has 13 rings (SSSR count). The van der Waals surface area contributed by atoms with E-state index >= 15 is 0 Å². The lowest BCUT2D eigenvalue weighted by Gasteiger charge is -1.82. The molecule has 12 aromatic heterocycles. The van der Waals surface area contributed by atoms with Crippen molar-refractivity contribution >= 4 is 45.5 Å². The molecule has 79 heavy (non-hydrogen) atoms.